The van der Waals surface area contributed by atoms with Crippen LogP contribution < -0.4 is 62.2 Å². The molecule has 0 radical (unpaired) electrons. The molecule has 2 bridgehead atoms. The van der Waals surface area contributed by atoms with Crippen LogP contribution in [-0.2, 0) is 45.8 Å². The quantitative estimate of drug-likeness (QED) is 0.0395. The molecule has 0 N–H and O–H groups in total. The molecule has 0 saturated carbocycles. The second-order valence-corrected chi connectivity index (χ2v) is 38.2. The molecule has 760 valence electrons. The Labute approximate surface area is 862 Å². The minimum absolute atomic E-state index is 0.105. The Hall–Kier alpha value is -15.3. The Morgan fingerprint density at radius 1 is 0.279 bits per heavy atom. The van der Waals surface area contributed by atoms with Gasteiger partial charge in [0.1, 0.15) is 0 Å². The molecule has 5 fully saturated rings. The van der Waals surface area contributed by atoms with Gasteiger partial charge in [-0.2, -0.15) is 0 Å². The van der Waals surface area contributed by atoms with Crippen molar-refractivity contribution in [2.45, 2.75) is 90.6 Å². The number of rotatable bonds is 29. The molecule has 9 heterocycles. The van der Waals surface area contributed by atoms with Crippen molar-refractivity contribution in [2.75, 3.05) is 175 Å². The number of hydrogen-bond acceptors (Lipinski definition) is 25. The van der Waals surface area contributed by atoms with Gasteiger partial charge in [0, 0.05) is 134 Å². The van der Waals surface area contributed by atoms with Gasteiger partial charge in [0.25, 0.3) is 47.3 Å². The van der Waals surface area contributed by atoms with E-state index in [2.05, 4.69) is 138 Å². The zero-order valence-electron chi connectivity index (χ0n) is 84.9. The number of amides is 8. The Bertz CT molecular complexity index is 6670. The minimum atomic E-state index is -0.293. The molecule has 12 aromatic rings. The van der Waals surface area contributed by atoms with Crippen molar-refractivity contribution in [1.82, 2.24) is 39.2 Å². The second kappa shape index (κ2) is 45.6. The summed E-state index contributed by atoms with van der Waals surface area (Å²) < 4.78 is 48.4. The lowest BCUT2D eigenvalue weighted by Crippen LogP contribution is -2.54. The summed E-state index contributed by atoms with van der Waals surface area (Å²) in [5, 5.41) is 0.777. The van der Waals surface area contributed by atoms with Crippen molar-refractivity contribution >= 4 is 81.6 Å². The lowest BCUT2D eigenvalue weighted by Gasteiger charge is -2.45. The van der Waals surface area contributed by atoms with Crippen LogP contribution >= 0.6 is 11.6 Å². The number of piperazine rings is 4. The first-order chi connectivity index (χ1) is 71.5. The van der Waals surface area contributed by atoms with E-state index in [1.165, 1.54) is 63.2 Å². The first kappa shape index (κ1) is 102. The van der Waals surface area contributed by atoms with Gasteiger partial charge in [0.2, 0.25) is 5.75 Å². The average molecular weight is 2000 g/mol. The first-order valence-electron chi connectivity index (χ1n) is 49.7. The predicted octanol–water partition coefficient (Wildman–Crippen LogP) is 17.4. The summed E-state index contributed by atoms with van der Waals surface area (Å²) >= 11 is 6.34. The van der Waals surface area contributed by atoms with Crippen molar-refractivity contribution in [2.24, 2.45) is 0 Å². The van der Waals surface area contributed by atoms with Crippen LogP contribution in [0.15, 0.2) is 249 Å². The Morgan fingerprint density at radius 3 is 0.946 bits per heavy atom. The van der Waals surface area contributed by atoms with E-state index in [-0.39, 0.29) is 73.4 Å². The molecule has 3 unspecified atom stereocenters. The highest BCUT2D eigenvalue weighted by atomic mass is 35.5. The van der Waals surface area contributed by atoms with Crippen LogP contribution in [0.4, 0.5) is 22.7 Å². The number of methoxy groups -OCH3 is 9. The predicted molar refractivity (Wildman–Crippen MR) is 565 cm³/mol. The van der Waals surface area contributed by atoms with Gasteiger partial charge in [-0.15, -0.1) is 0 Å². The Kier molecular flexibility index (Phi) is 31.5. The lowest BCUT2D eigenvalue weighted by molar-refractivity contribution is 0.0627. The number of ether oxygens (including phenoxy) is 9. The molecule has 0 aromatic heterocycles. The number of carbonyl (C=O) groups excluding carboxylic acids is 8. The van der Waals surface area contributed by atoms with Crippen molar-refractivity contribution in [1.29, 1.82) is 0 Å². The highest BCUT2D eigenvalue weighted by molar-refractivity contribution is 6.31. The zero-order valence-corrected chi connectivity index (χ0v) is 85.6. The highest BCUT2D eigenvalue weighted by Gasteiger charge is 2.48. The van der Waals surface area contributed by atoms with E-state index in [1.54, 1.807) is 109 Å². The monoisotopic (exact) mass is 2000 g/mol. The number of benzene rings is 12. The molecule has 9 aliphatic heterocycles. The van der Waals surface area contributed by atoms with Gasteiger partial charge in [-0.1, -0.05) is 157 Å². The largest absolute Gasteiger partial charge is 0.493 e. The zero-order chi connectivity index (χ0) is 103. The van der Waals surface area contributed by atoms with E-state index in [4.69, 9.17) is 54.2 Å². The number of fused-ring (bicyclic) bond motifs is 6. The van der Waals surface area contributed by atoms with Gasteiger partial charge in [-0.05, 0) is 180 Å². The van der Waals surface area contributed by atoms with Crippen molar-refractivity contribution < 1.29 is 81.0 Å². The van der Waals surface area contributed by atoms with Crippen LogP contribution in [0.5, 0.6) is 51.7 Å². The van der Waals surface area contributed by atoms with E-state index in [0.29, 0.717) is 120 Å². The molecule has 21 rings (SSSR count). The molecule has 0 spiro atoms. The van der Waals surface area contributed by atoms with E-state index < -0.39 is 0 Å². The maximum atomic E-state index is 13.7. The molecule has 0 aliphatic carbocycles. The number of imide groups is 4. The smallest absolute Gasteiger partial charge is 0.263 e. The van der Waals surface area contributed by atoms with Crippen LogP contribution in [0, 0.1) is 6.92 Å². The first-order valence-corrected chi connectivity index (χ1v) is 50.1. The third kappa shape index (κ3) is 21.3. The van der Waals surface area contributed by atoms with Gasteiger partial charge in [-0.3, -0.25) is 77.6 Å². The summed E-state index contributed by atoms with van der Waals surface area (Å²) in [7, 11) is 14.0. The van der Waals surface area contributed by atoms with Crippen molar-refractivity contribution in [3.63, 3.8) is 0 Å². The number of halogens is 1. The molecule has 3 atom stereocenters. The van der Waals surface area contributed by atoms with Crippen LogP contribution in [0.3, 0.4) is 0 Å². The summed E-state index contributed by atoms with van der Waals surface area (Å²) in [5.41, 5.74) is 16.7. The fourth-order valence-electron chi connectivity index (χ4n) is 21.6. The fraction of sp³-hybridized carbons (Fsp3) is 0.316. The van der Waals surface area contributed by atoms with Crippen molar-refractivity contribution in [3.8, 4) is 51.7 Å². The molecule has 30 heteroatoms. The van der Waals surface area contributed by atoms with Gasteiger partial charge in [0.05, 0.1) is 157 Å². The molecular formula is C117H123ClN12O17. The topological polar surface area (TPSA) is 259 Å². The Balaban J connectivity index is 0.000000128. The van der Waals surface area contributed by atoms with Gasteiger partial charge in [0.15, 0.2) is 46.0 Å². The molecule has 9 aliphatic rings. The van der Waals surface area contributed by atoms with E-state index in [9.17, 15) is 38.4 Å². The number of hydrogen-bond donors (Lipinski definition) is 0. The highest BCUT2D eigenvalue weighted by Crippen LogP contribution is 2.46. The van der Waals surface area contributed by atoms with E-state index >= 15 is 0 Å². The van der Waals surface area contributed by atoms with Crippen LogP contribution in [0.1, 0.15) is 159 Å². The number of carbonyl (C=O) groups is 8. The fourth-order valence-corrected chi connectivity index (χ4v) is 21.8. The molecule has 5 saturated heterocycles. The lowest BCUT2D eigenvalue weighted by atomic mass is 10.0. The molecule has 147 heavy (non-hydrogen) atoms. The molecule has 12 aromatic carbocycles. The summed E-state index contributed by atoms with van der Waals surface area (Å²) in [6.45, 7) is 19.3. The van der Waals surface area contributed by atoms with Crippen LogP contribution in [0.2, 0.25) is 5.02 Å². The summed E-state index contributed by atoms with van der Waals surface area (Å²) in [6.07, 6.45) is 2.29. The van der Waals surface area contributed by atoms with E-state index in [1.807, 2.05) is 97.1 Å². The van der Waals surface area contributed by atoms with Crippen molar-refractivity contribution in [3.05, 3.63) is 348 Å². The summed E-state index contributed by atoms with van der Waals surface area (Å²) in [6, 6.07) is 80.8. The van der Waals surface area contributed by atoms with Gasteiger partial charge < -0.3 is 62.2 Å². The molecular weight excluding hydrogens is 1880 g/mol. The van der Waals surface area contributed by atoms with E-state index in [0.717, 1.165) is 174 Å². The number of nitrogens with zero attached hydrogens (tertiary/aromatic N) is 12. The number of anilines is 4. The Morgan fingerprint density at radius 2 is 0.592 bits per heavy atom. The van der Waals surface area contributed by atoms with Crippen LogP contribution in [0.25, 0.3) is 0 Å². The van der Waals surface area contributed by atoms with Gasteiger partial charge >= 0.3 is 0 Å². The summed E-state index contributed by atoms with van der Waals surface area (Å²) in [4.78, 5) is 132. The normalized spacial score (nSPS) is 17.3. The number of aryl methyl sites for hydroxylation is 1. The average Bonchev–Trinajstić information content (AvgIpc) is 1.59. The third-order valence-corrected chi connectivity index (χ3v) is 29.7. The second-order valence-electron chi connectivity index (χ2n) is 37.8. The maximum Gasteiger partial charge on any atom is 0.263 e. The maximum absolute atomic E-state index is 13.7. The third-order valence-electron chi connectivity index (χ3n) is 29.3. The minimum Gasteiger partial charge on any atom is -0.493 e. The summed E-state index contributed by atoms with van der Waals surface area (Å²) in [5.74, 6) is 2.81. The standard InChI is InChI=1S/C31H33N3O4.C29H31N3O5.C29H31N3O4.C28H28ClN3O4/c1-20(22-8-5-4-6-9-22)34-23-13-14-24(34)19-32(18-23)26-11-7-10-25-29(26)31(36)33(30(25)35)17-21-12-15-27(37-2)28(16-21)38-3;1-35-24-16-21(17-25(36-2)27(24)37-3)19-32-28(33)22-10-7-11-23(26(22)29(32)34)31-14-12-30(13-15-31)18-20-8-5-4-6-9-20;1-20-7-4-5-8-22(20)19-30-13-15-31(16-14-30)24-10-6-9-23-27(24)29(34)32(28(23)33)18-21-11-12-25(35-2)26(17-21)36-3;1-35-24-11-10-19(16-25(24)36-2)17-32-27(33)21-7-5-9-23(26(21)28(32)34)31-14-12-30(13-15-31)18-20-6-3-4-8-22(20)29/h4-12,15-16,20,23-24H,13-14,17-19H2,1-3H3;4-11,16-17H,12-15,18-19H2,1-3H3;4-12,17H,13-16,18-19H2,1-3H3;3-11,16H,12-15,17-18H2,1-2H3. The van der Waals surface area contributed by atoms with Gasteiger partial charge in [-0.25, -0.2) is 0 Å². The molecule has 29 nitrogen and oxygen atoms in total. The molecule has 8 amide bonds. The van der Waals surface area contributed by atoms with Crippen LogP contribution in [-0.4, -0.2) is 254 Å². The SMILES string of the molecule is COc1cc(CN2C(=O)c3cccc(N4CCN(Cc5ccccc5)CC4)c3C2=O)cc(OC)c1OC.COc1ccc(CN2C(=O)c3cccc(N4CC5CCC(C4)N5C(C)c4ccccc4)c3C2=O)cc1OC.COc1ccc(CN2C(=O)c3cccc(N4CCN(Cc5ccccc5C)CC4)c3C2=O)cc1OC.COc1ccc(CN2C(=O)c3cccc(N4CCN(Cc5ccccc5Cl)CC4)c3C2=O)cc1OC.